The molecule has 3 heteroatoms. The van der Waals surface area contributed by atoms with Crippen LogP contribution in [0.1, 0.15) is 12.8 Å². The van der Waals surface area contributed by atoms with E-state index in [1.807, 2.05) is 0 Å². The minimum Gasteiger partial charge on any atom is -0.377 e. The highest BCUT2D eigenvalue weighted by molar-refractivity contribution is 5.91. The molecule has 0 radical (unpaired) electrons. The van der Waals surface area contributed by atoms with E-state index in [0.29, 0.717) is 0 Å². The monoisotopic (exact) mass is 129 g/mol. The van der Waals surface area contributed by atoms with E-state index in [-0.39, 0.29) is 12.4 Å². The van der Waals surface area contributed by atoms with Gasteiger partial charge in [-0.25, -0.2) is 0 Å². The standard InChI is InChI=1S/C6H11NO2/c1-9-4-5(8)6(7)2-3-6/h2-4,7H2,1H3. The molecule has 1 rings (SSSR count). The fourth-order valence-electron chi connectivity index (χ4n) is 0.688. The molecule has 0 amide bonds. The SMILES string of the molecule is COCC(=O)C1(N)CC1. The summed E-state index contributed by atoms with van der Waals surface area (Å²) in [7, 11) is 1.50. The van der Waals surface area contributed by atoms with Gasteiger partial charge in [-0.2, -0.15) is 0 Å². The molecule has 2 N–H and O–H groups in total. The molecule has 1 saturated carbocycles. The maximum Gasteiger partial charge on any atom is 0.178 e. The number of hydrogen-bond acceptors (Lipinski definition) is 3. The predicted octanol–water partition coefficient (Wildman–Crippen LogP) is -0.307. The third-order valence-corrected chi connectivity index (χ3v) is 1.62. The third-order valence-electron chi connectivity index (χ3n) is 1.62. The summed E-state index contributed by atoms with van der Waals surface area (Å²) in [4.78, 5) is 10.9. The van der Waals surface area contributed by atoms with E-state index < -0.39 is 5.54 Å². The maximum atomic E-state index is 10.9. The normalized spacial score (nSPS) is 21.6. The summed E-state index contributed by atoms with van der Waals surface area (Å²) in [5, 5.41) is 0. The highest BCUT2D eigenvalue weighted by Crippen LogP contribution is 2.32. The highest BCUT2D eigenvalue weighted by Gasteiger charge is 2.45. The van der Waals surface area contributed by atoms with Gasteiger partial charge in [-0.1, -0.05) is 0 Å². The Morgan fingerprint density at radius 1 is 1.78 bits per heavy atom. The molecule has 0 saturated heterocycles. The highest BCUT2D eigenvalue weighted by atomic mass is 16.5. The fourth-order valence-corrected chi connectivity index (χ4v) is 0.688. The zero-order valence-electron chi connectivity index (χ0n) is 5.52. The number of Topliss-reactive ketones (excluding diaryl/α,β-unsaturated/α-hetero) is 1. The second-order valence-corrected chi connectivity index (χ2v) is 2.51. The Bertz CT molecular complexity index is 129. The van der Waals surface area contributed by atoms with Crippen LogP contribution in [0, 0.1) is 0 Å². The lowest BCUT2D eigenvalue weighted by Crippen LogP contribution is -2.35. The van der Waals surface area contributed by atoms with Crippen LogP contribution in [0.3, 0.4) is 0 Å². The van der Waals surface area contributed by atoms with Crippen LogP contribution in [0.5, 0.6) is 0 Å². The predicted molar refractivity (Wildman–Crippen MR) is 33.0 cm³/mol. The van der Waals surface area contributed by atoms with Gasteiger partial charge in [0.15, 0.2) is 5.78 Å². The topological polar surface area (TPSA) is 52.3 Å². The fraction of sp³-hybridized carbons (Fsp3) is 0.833. The zero-order chi connectivity index (χ0) is 6.91. The van der Waals surface area contributed by atoms with Gasteiger partial charge in [0.25, 0.3) is 0 Å². The van der Waals surface area contributed by atoms with Crippen molar-refractivity contribution in [3.63, 3.8) is 0 Å². The van der Waals surface area contributed by atoms with E-state index >= 15 is 0 Å². The molecule has 0 aromatic heterocycles. The van der Waals surface area contributed by atoms with Crippen molar-refractivity contribution in [2.24, 2.45) is 5.73 Å². The maximum absolute atomic E-state index is 10.9. The molecule has 1 fully saturated rings. The molecule has 0 heterocycles. The zero-order valence-corrected chi connectivity index (χ0v) is 5.52. The average molecular weight is 129 g/mol. The molecule has 3 nitrogen and oxygen atoms in total. The molecule has 9 heavy (non-hydrogen) atoms. The van der Waals surface area contributed by atoms with Crippen molar-refractivity contribution in [2.75, 3.05) is 13.7 Å². The van der Waals surface area contributed by atoms with Gasteiger partial charge in [0.2, 0.25) is 0 Å². The van der Waals surface area contributed by atoms with Crippen molar-refractivity contribution in [1.82, 2.24) is 0 Å². The van der Waals surface area contributed by atoms with Crippen molar-refractivity contribution < 1.29 is 9.53 Å². The summed E-state index contributed by atoms with van der Waals surface area (Å²) >= 11 is 0. The van der Waals surface area contributed by atoms with Gasteiger partial charge in [-0.3, -0.25) is 4.79 Å². The molecule has 0 spiro atoms. The molecular formula is C6H11NO2. The van der Waals surface area contributed by atoms with Crippen LogP contribution in [-0.2, 0) is 9.53 Å². The second-order valence-electron chi connectivity index (χ2n) is 2.51. The largest absolute Gasteiger partial charge is 0.377 e. The minimum absolute atomic E-state index is 0.0324. The number of hydrogen-bond donors (Lipinski definition) is 1. The Labute approximate surface area is 54.2 Å². The Balaban J connectivity index is 2.34. The molecule has 52 valence electrons. The summed E-state index contributed by atoms with van der Waals surface area (Å²) in [6, 6.07) is 0. The molecule has 0 aromatic rings. The van der Waals surface area contributed by atoms with Gasteiger partial charge in [0.1, 0.15) is 6.61 Å². The van der Waals surface area contributed by atoms with Gasteiger partial charge in [-0.15, -0.1) is 0 Å². The number of ether oxygens (including phenoxy) is 1. The van der Waals surface area contributed by atoms with E-state index in [9.17, 15) is 4.79 Å². The minimum atomic E-state index is -0.504. The van der Waals surface area contributed by atoms with Gasteiger partial charge in [0.05, 0.1) is 5.54 Å². The Morgan fingerprint density at radius 2 is 2.33 bits per heavy atom. The lowest BCUT2D eigenvalue weighted by molar-refractivity contribution is -0.124. The van der Waals surface area contributed by atoms with Crippen LogP contribution >= 0.6 is 0 Å². The van der Waals surface area contributed by atoms with Gasteiger partial charge in [-0.05, 0) is 12.8 Å². The molecule has 0 unspecified atom stereocenters. The smallest absolute Gasteiger partial charge is 0.178 e. The summed E-state index contributed by atoms with van der Waals surface area (Å²) in [6.45, 7) is 0.163. The number of nitrogens with two attached hydrogens (primary N) is 1. The Kier molecular flexibility index (Phi) is 1.55. The summed E-state index contributed by atoms with van der Waals surface area (Å²) in [5.41, 5.74) is 5.04. The number of methoxy groups -OCH3 is 1. The summed E-state index contributed by atoms with van der Waals surface area (Å²) in [6.07, 6.45) is 1.66. The van der Waals surface area contributed by atoms with Crippen LogP contribution < -0.4 is 5.73 Å². The summed E-state index contributed by atoms with van der Waals surface area (Å²) in [5.74, 6) is 0.0324. The second kappa shape index (κ2) is 2.08. The first kappa shape index (κ1) is 6.71. The van der Waals surface area contributed by atoms with Crippen LogP contribution in [0.25, 0.3) is 0 Å². The van der Waals surface area contributed by atoms with Crippen molar-refractivity contribution in [3.05, 3.63) is 0 Å². The molecule has 0 bridgehead atoms. The molecule has 0 atom stereocenters. The quantitative estimate of drug-likeness (QED) is 0.569. The molecule has 0 aromatic carbocycles. The van der Waals surface area contributed by atoms with Gasteiger partial charge < -0.3 is 10.5 Å². The third kappa shape index (κ3) is 1.28. The first-order valence-corrected chi connectivity index (χ1v) is 3.00. The number of rotatable bonds is 3. The molecule has 0 aliphatic heterocycles. The first-order valence-electron chi connectivity index (χ1n) is 3.00. The van der Waals surface area contributed by atoms with Gasteiger partial charge in [0, 0.05) is 7.11 Å². The van der Waals surface area contributed by atoms with Crippen molar-refractivity contribution in [2.45, 2.75) is 18.4 Å². The lowest BCUT2D eigenvalue weighted by Gasteiger charge is -2.04. The number of carbonyl (C=O) groups is 1. The number of carbonyl (C=O) groups excluding carboxylic acids is 1. The number of ketones is 1. The lowest BCUT2D eigenvalue weighted by atomic mass is 10.2. The van der Waals surface area contributed by atoms with Crippen molar-refractivity contribution in [3.8, 4) is 0 Å². The van der Waals surface area contributed by atoms with Crippen molar-refractivity contribution in [1.29, 1.82) is 0 Å². The average Bonchev–Trinajstić information content (AvgIpc) is 2.50. The first-order chi connectivity index (χ1) is 4.19. The van der Waals surface area contributed by atoms with E-state index in [2.05, 4.69) is 4.74 Å². The summed E-state index contributed by atoms with van der Waals surface area (Å²) < 4.78 is 4.64. The van der Waals surface area contributed by atoms with E-state index in [1.54, 1.807) is 0 Å². The Morgan fingerprint density at radius 3 is 2.67 bits per heavy atom. The van der Waals surface area contributed by atoms with Crippen LogP contribution in [0.15, 0.2) is 0 Å². The van der Waals surface area contributed by atoms with E-state index in [4.69, 9.17) is 5.73 Å². The molecule has 1 aliphatic rings. The van der Waals surface area contributed by atoms with E-state index in [0.717, 1.165) is 12.8 Å². The van der Waals surface area contributed by atoms with Gasteiger partial charge >= 0.3 is 0 Å². The van der Waals surface area contributed by atoms with Crippen LogP contribution in [0.2, 0.25) is 0 Å². The Hall–Kier alpha value is -0.410. The van der Waals surface area contributed by atoms with Crippen LogP contribution in [-0.4, -0.2) is 25.0 Å². The van der Waals surface area contributed by atoms with Crippen molar-refractivity contribution >= 4 is 5.78 Å². The molecule has 1 aliphatic carbocycles. The van der Waals surface area contributed by atoms with E-state index in [1.165, 1.54) is 7.11 Å². The molecular weight excluding hydrogens is 118 g/mol. The van der Waals surface area contributed by atoms with Crippen LogP contribution in [0.4, 0.5) is 0 Å².